The van der Waals surface area contributed by atoms with Gasteiger partial charge in [0.1, 0.15) is 11.5 Å². The topological polar surface area (TPSA) is 64.6 Å². The van der Waals surface area contributed by atoms with Crippen molar-refractivity contribution in [2.24, 2.45) is 0 Å². The molecule has 2 aromatic carbocycles. The Hall–Kier alpha value is -3.08. The van der Waals surface area contributed by atoms with Crippen LogP contribution in [0.2, 0.25) is 0 Å². The van der Waals surface area contributed by atoms with Gasteiger partial charge in [-0.2, -0.15) is 0 Å². The molecule has 0 bridgehead atoms. The number of carbonyl (C=O) groups excluding carboxylic acids is 2. The number of nitrogens with one attached hydrogen (secondary N) is 1. The van der Waals surface area contributed by atoms with Gasteiger partial charge >= 0.3 is 0 Å². The number of benzene rings is 2. The number of amides is 1. The van der Waals surface area contributed by atoms with Gasteiger partial charge in [-0.15, -0.1) is 0 Å². The van der Waals surface area contributed by atoms with E-state index < -0.39 is 0 Å². The summed E-state index contributed by atoms with van der Waals surface area (Å²) < 4.78 is 10.5. The SMILES string of the molecule is COc1ccc(/C=C/C(=O)c2ccc(OCC(=O)NC(C)C)cc2)cc1. The highest BCUT2D eigenvalue weighted by atomic mass is 16.5. The number of methoxy groups -OCH3 is 1. The van der Waals surface area contributed by atoms with Gasteiger partial charge in [0.25, 0.3) is 5.91 Å². The monoisotopic (exact) mass is 353 g/mol. The summed E-state index contributed by atoms with van der Waals surface area (Å²) in [5, 5.41) is 2.75. The van der Waals surface area contributed by atoms with Gasteiger partial charge in [0.2, 0.25) is 0 Å². The van der Waals surface area contributed by atoms with Crippen molar-refractivity contribution in [2.75, 3.05) is 13.7 Å². The van der Waals surface area contributed by atoms with Crippen molar-refractivity contribution in [2.45, 2.75) is 19.9 Å². The van der Waals surface area contributed by atoms with Crippen molar-refractivity contribution >= 4 is 17.8 Å². The van der Waals surface area contributed by atoms with Crippen LogP contribution >= 0.6 is 0 Å². The Balaban J connectivity index is 1.91. The number of ketones is 1. The van der Waals surface area contributed by atoms with Gasteiger partial charge < -0.3 is 14.8 Å². The average molecular weight is 353 g/mol. The van der Waals surface area contributed by atoms with E-state index in [-0.39, 0.29) is 24.3 Å². The standard InChI is InChI=1S/C21H23NO4/c1-15(2)22-21(24)14-26-19-11-7-17(8-12-19)20(23)13-6-16-4-9-18(25-3)10-5-16/h4-13,15H,14H2,1-3H3,(H,22,24)/b13-6+. The molecule has 0 saturated heterocycles. The smallest absolute Gasteiger partial charge is 0.258 e. The highest BCUT2D eigenvalue weighted by Crippen LogP contribution is 2.15. The number of hydrogen-bond donors (Lipinski definition) is 1. The van der Waals surface area contributed by atoms with Crippen molar-refractivity contribution in [3.05, 3.63) is 65.7 Å². The van der Waals surface area contributed by atoms with Crippen LogP contribution < -0.4 is 14.8 Å². The lowest BCUT2D eigenvalue weighted by Crippen LogP contribution is -2.34. The Labute approximate surface area is 153 Å². The van der Waals surface area contributed by atoms with Crippen molar-refractivity contribution in [3.8, 4) is 11.5 Å². The predicted octanol–water partition coefficient (Wildman–Crippen LogP) is 3.49. The van der Waals surface area contributed by atoms with Gasteiger partial charge in [-0.05, 0) is 61.9 Å². The fourth-order valence-corrected chi connectivity index (χ4v) is 2.21. The molecule has 1 amide bonds. The first-order valence-corrected chi connectivity index (χ1v) is 8.36. The number of ether oxygens (including phenoxy) is 2. The summed E-state index contributed by atoms with van der Waals surface area (Å²) in [6.07, 6.45) is 3.27. The van der Waals surface area contributed by atoms with Crippen LogP contribution in [-0.2, 0) is 4.79 Å². The molecule has 26 heavy (non-hydrogen) atoms. The van der Waals surface area contributed by atoms with Crippen LogP contribution in [-0.4, -0.2) is 31.4 Å². The number of allylic oxidation sites excluding steroid dienone is 1. The molecule has 2 rings (SSSR count). The van der Waals surface area contributed by atoms with Crippen molar-refractivity contribution < 1.29 is 19.1 Å². The van der Waals surface area contributed by atoms with E-state index in [2.05, 4.69) is 5.32 Å². The minimum atomic E-state index is -0.178. The van der Waals surface area contributed by atoms with Crippen LogP contribution in [0.25, 0.3) is 6.08 Å². The third-order valence-corrected chi connectivity index (χ3v) is 3.50. The second kappa shape index (κ2) is 9.42. The molecular weight excluding hydrogens is 330 g/mol. The van der Waals surface area contributed by atoms with Gasteiger partial charge in [-0.25, -0.2) is 0 Å². The van der Waals surface area contributed by atoms with E-state index in [1.807, 2.05) is 38.1 Å². The zero-order valence-corrected chi connectivity index (χ0v) is 15.2. The zero-order valence-electron chi connectivity index (χ0n) is 15.2. The third kappa shape index (κ3) is 6.09. The maximum atomic E-state index is 12.2. The normalized spacial score (nSPS) is 10.8. The Bertz CT molecular complexity index is 762. The molecule has 136 valence electrons. The summed E-state index contributed by atoms with van der Waals surface area (Å²) in [4.78, 5) is 23.8. The molecule has 0 fully saturated rings. The van der Waals surface area contributed by atoms with Crippen LogP contribution in [0.1, 0.15) is 29.8 Å². The van der Waals surface area contributed by atoms with Gasteiger partial charge in [-0.3, -0.25) is 9.59 Å². The average Bonchev–Trinajstić information content (AvgIpc) is 2.64. The van der Waals surface area contributed by atoms with Crippen LogP contribution in [0.5, 0.6) is 11.5 Å². The van der Waals surface area contributed by atoms with Crippen molar-refractivity contribution in [1.82, 2.24) is 5.32 Å². The molecule has 0 unspecified atom stereocenters. The Morgan fingerprint density at radius 2 is 1.62 bits per heavy atom. The molecule has 0 radical (unpaired) electrons. The molecule has 5 heteroatoms. The lowest BCUT2D eigenvalue weighted by Gasteiger charge is -2.09. The van der Waals surface area contributed by atoms with E-state index in [1.54, 1.807) is 37.5 Å². The second-order valence-electron chi connectivity index (χ2n) is 6.01. The number of rotatable bonds is 8. The summed E-state index contributed by atoms with van der Waals surface area (Å²) in [6, 6.07) is 14.2. The predicted molar refractivity (Wildman–Crippen MR) is 102 cm³/mol. The highest BCUT2D eigenvalue weighted by Gasteiger charge is 2.06. The molecular formula is C21H23NO4. The molecule has 0 aromatic heterocycles. The van der Waals surface area contributed by atoms with Crippen LogP contribution in [0.3, 0.4) is 0 Å². The van der Waals surface area contributed by atoms with Crippen LogP contribution in [0, 0.1) is 0 Å². The van der Waals surface area contributed by atoms with Gasteiger partial charge in [-0.1, -0.05) is 18.2 Å². The summed E-state index contributed by atoms with van der Waals surface area (Å²) in [5.41, 5.74) is 1.46. The molecule has 0 heterocycles. The highest BCUT2D eigenvalue weighted by molar-refractivity contribution is 6.06. The van der Waals surface area contributed by atoms with Crippen molar-refractivity contribution in [3.63, 3.8) is 0 Å². The molecule has 0 aliphatic rings. The van der Waals surface area contributed by atoms with E-state index in [4.69, 9.17) is 9.47 Å². The molecule has 2 aromatic rings. The first-order valence-electron chi connectivity index (χ1n) is 8.36. The van der Waals surface area contributed by atoms with Gasteiger partial charge in [0.15, 0.2) is 12.4 Å². The molecule has 0 spiro atoms. The minimum Gasteiger partial charge on any atom is -0.497 e. The summed E-state index contributed by atoms with van der Waals surface area (Å²) in [7, 11) is 1.61. The summed E-state index contributed by atoms with van der Waals surface area (Å²) in [6.45, 7) is 3.72. The number of hydrogen-bond acceptors (Lipinski definition) is 4. The van der Waals surface area contributed by atoms with Crippen LogP contribution in [0.4, 0.5) is 0 Å². The second-order valence-corrected chi connectivity index (χ2v) is 6.01. The first kappa shape index (κ1) is 19.2. The Morgan fingerprint density at radius 3 is 2.19 bits per heavy atom. The summed E-state index contributed by atoms with van der Waals surface area (Å²) >= 11 is 0. The molecule has 5 nitrogen and oxygen atoms in total. The summed E-state index contributed by atoms with van der Waals surface area (Å²) in [5.74, 6) is 1.03. The lowest BCUT2D eigenvalue weighted by atomic mass is 10.1. The largest absolute Gasteiger partial charge is 0.497 e. The fourth-order valence-electron chi connectivity index (χ4n) is 2.21. The molecule has 0 aliphatic heterocycles. The number of carbonyl (C=O) groups is 2. The Morgan fingerprint density at radius 1 is 1.00 bits per heavy atom. The van der Waals surface area contributed by atoms with E-state index in [0.717, 1.165) is 11.3 Å². The van der Waals surface area contributed by atoms with E-state index >= 15 is 0 Å². The lowest BCUT2D eigenvalue weighted by molar-refractivity contribution is -0.123. The van der Waals surface area contributed by atoms with Crippen molar-refractivity contribution in [1.29, 1.82) is 0 Å². The van der Waals surface area contributed by atoms with E-state index in [9.17, 15) is 9.59 Å². The fraction of sp³-hybridized carbons (Fsp3) is 0.238. The van der Waals surface area contributed by atoms with Crippen LogP contribution in [0.15, 0.2) is 54.6 Å². The quantitative estimate of drug-likeness (QED) is 0.583. The van der Waals surface area contributed by atoms with E-state index in [1.165, 1.54) is 6.08 Å². The maximum absolute atomic E-state index is 12.2. The zero-order chi connectivity index (χ0) is 18.9. The van der Waals surface area contributed by atoms with Gasteiger partial charge in [0, 0.05) is 11.6 Å². The molecule has 0 atom stereocenters. The van der Waals surface area contributed by atoms with Gasteiger partial charge in [0.05, 0.1) is 7.11 Å². The first-order chi connectivity index (χ1) is 12.5. The van der Waals surface area contributed by atoms with E-state index in [0.29, 0.717) is 11.3 Å². The molecule has 0 saturated carbocycles. The molecule has 0 aliphatic carbocycles. The molecule has 1 N–H and O–H groups in total. The maximum Gasteiger partial charge on any atom is 0.258 e. The Kier molecular flexibility index (Phi) is 6.97. The third-order valence-electron chi connectivity index (χ3n) is 3.50. The minimum absolute atomic E-state index is 0.0527.